The fourth-order valence-corrected chi connectivity index (χ4v) is 7.36. The van der Waals surface area contributed by atoms with Crippen molar-refractivity contribution in [3.63, 3.8) is 0 Å². The third-order valence-electron chi connectivity index (χ3n) is 6.43. The molecular formula is C30H14Br2F6N2S2. The molecule has 0 spiro atoms. The Morgan fingerprint density at radius 2 is 0.929 bits per heavy atom. The molecule has 0 amide bonds. The van der Waals surface area contributed by atoms with Gasteiger partial charge in [0.1, 0.15) is 0 Å². The fourth-order valence-electron chi connectivity index (χ4n) is 4.54. The van der Waals surface area contributed by atoms with Gasteiger partial charge in [-0.15, -0.1) is 22.7 Å². The van der Waals surface area contributed by atoms with Crippen LogP contribution in [0.5, 0.6) is 0 Å². The van der Waals surface area contributed by atoms with Crippen molar-refractivity contribution in [2.75, 3.05) is 0 Å². The number of hydrogen-bond acceptors (Lipinski definition) is 4. The zero-order valence-corrected chi connectivity index (χ0v) is 25.6. The van der Waals surface area contributed by atoms with Crippen molar-refractivity contribution in [2.45, 2.75) is 12.4 Å². The Balaban J connectivity index is 1.73. The highest BCUT2D eigenvalue weighted by Gasteiger charge is 2.32. The molecule has 6 aromatic rings. The van der Waals surface area contributed by atoms with Gasteiger partial charge >= 0.3 is 12.4 Å². The highest BCUT2D eigenvalue weighted by atomic mass is 79.9. The number of aromatic nitrogens is 2. The molecule has 0 atom stereocenters. The van der Waals surface area contributed by atoms with Gasteiger partial charge in [0.25, 0.3) is 0 Å². The van der Waals surface area contributed by atoms with Gasteiger partial charge in [0, 0.05) is 32.0 Å². The average Bonchev–Trinajstić information content (AvgIpc) is 3.59. The number of benzene rings is 3. The first-order chi connectivity index (χ1) is 19.9. The molecule has 0 fully saturated rings. The van der Waals surface area contributed by atoms with Gasteiger partial charge in [-0.3, -0.25) is 0 Å². The second-order valence-corrected chi connectivity index (χ2v) is 14.1. The monoisotopic (exact) mass is 738 g/mol. The molecule has 0 bridgehead atoms. The molecule has 0 saturated heterocycles. The minimum atomic E-state index is -4.63. The maximum atomic E-state index is 13.7. The molecule has 0 unspecified atom stereocenters. The van der Waals surface area contributed by atoms with Gasteiger partial charge in [0.2, 0.25) is 0 Å². The molecule has 212 valence electrons. The first kappa shape index (κ1) is 29.0. The third kappa shape index (κ3) is 5.64. The lowest BCUT2D eigenvalue weighted by Gasteiger charge is -2.16. The number of halogens is 8. The van der Waals surface area contributed by atoms with Crippen LogP contribution in [0.1, 0.15) is 11.1 Å². The molecule has 0 saturated carbocycles. The quantitative estimate of drug-likeness (QED) is 0.168. The molecule has 12 heteroatoms. The van der Waals surface area contributed by atoms with Crippen LogP contribution in [-0.2, 0) is 12.4 Å². The molecule has 0 aliphatic rings. The van der Waals surface area contributed by atoms with Gasteiger partial charge in [-0.2, -0.15) is 26.3 Å². The van der Waals surface area contributed by atoms with E-state index in [1.54, 1.807) is 0 Å². The first-order valence-electron chi connectivity index (χ1n) is 12.1. The Hall–Kier alpha value is -3.06. The van der Waals surface area contributed by atoms with Crippen molar-refractivity contribution in [3.05, 3.63) is 104 Å². The van der Waals surface area contributed by atoms with E-state index in [2.05, 4.69) is 31.9 Å². The lowest BCUT2D eigenvalue weighted by atomic mass is 9.98. The molecule has 3 heterocycles. The number of hydrogen-bond donors (Lipinski definition) is 0. The summed E-state index contributed by atoms with van der Waals surface area (Å²) in [6.07, 6.45) is -9.27. The van der Waals surface area contributed by atoms with Crippen molar-refractivity contribution in [1.29, 1.82) is 0 Å². The molecule has 0 N–H and O–H groups in total. The van der Waals surface area contributed by atoms with Gasteiger partial charge in [-0.1, -0.05) is 36.4 Å². The molecule has 0 radical (unpaired) electrons. The van der Waals surface area contributed by atoms with Crippen LogP contribution in [0, 0.1) is 0 Å². The van der Waals surface area contributed by atoms with Gasteiger partial charge < -0.3 is 0 Å². The van der Waals surface area contributed by atoms with Crippen LogP contribution >= 0.6 is 54.5 Å². The van der Waals surface area contributed by atoms with Crippen LogP contribution in [0.2, 0.25) is 0 Å². The average molecular weight is 740 g/mol. The Bertz CT molecular complexity index is 1820. The Morgan fingerprint density at radius 1 is 0.524 bits per heavy atom. The van der Waals surface area contributed by atoms with Crippen molar-refractivity contribution in [3.8, 4) is 43.4 Å². The maximum Gasteiger partial charge on any atom is 0.416 e. The molecule has 0 aliphatic heterocycles. The van der Waals surface area contributed by atoms with Gasteiger partial charge in [-0.05, 0) is 80.4 Å². The van der Waals surface area contributed by atoms with Gasteiger partial charge in [0.15, 0.2) is 0 Å². The van der Waals surface area contributed by atoms with Crippen molar-refractivity contribution < 1.29 is 26.3 Å². The van der Waals surface area contributed by atoms with Crippen molar-refractivity contribution in [1.82, 2.24) is 9.97 Å². The zero-order valence-electron chi connectivity index (χ0n) is 20.8. The normalized spacial score (nSPS) is 12.3. The maximum absolute atomic E-state index is 13.7. The molecular weight excluding hydrogens is 726 g/mol. The summed E-state index contributed by atoms with van der Waals surface area (Å²) in [4.78, 5) is 11.4. The van der Waals surface area contributed by atoms with Crippen LogP contribution < -0.4 is 0 Å². The van der Waals surface area contributed by atoms with Crippen molar-refractivity contribution >= 4 is 65.6 Å². The summed E-state index contributed by atoms with van der Waals surface area (Å²) >= 11 is 9.83. The van der Waals surface area contributed by atoms with Crippen LogP contribution in [0.15, 0.2) is 92.5 Å². The number of rotatable bonds is 4. The molecule has 42 heavy (non-hydrogen) atoms. The number of thiophene rings is 2. The summed E-state index contributed by atoms with van der Waals surface area (Å²) in [5, 5.41) is 0. The second-order valence-electron chi connectivity index (χ2n) is 9.14. The van der Waals surface area contributed by atoms with E-state index in [1.807, 2.05) is 36.4 Å². The third-order valence-corrected chi connectivity index (χ3v) is 9.74. The Kier molecular flexibility index (Phi) is 7.53. The highest BCUT2D eigenvalue weighted by molar-refractivity contribution is 9.11. The predicted octanol–water partition coefficient (Wildman–Crippen LogP) is 12.0. The topological polar surface area (TPSA) is 25.8 Å². The minimum absolute atomic E-state index is 0.0364. The highest BCUT2D eigenvalue weighted by Crippen LogP contribution is 2.44. The Labute approximate surface area is 260 Å². The standard InChI is InChI=1S/C30H14Br2F6N2S2/c31-23-11-9-21(41-23)19-7-8-20(22-10-12-24(32)42-22)28-27(19)39-25(15-3-1-5-17(13-15)29(33,34)35)26(40-28)16-4-2-6-18(14-16)30(36,37)38/h1-14H. The first-order valence-corrected chi connectivity index (χ1v) is 15.3. The van der Waals surface area contributed by atoms with E-state index in [4.69, 9.17) is 9.97 Å². The van der Waals surface area contributed by atoms with Crippen molar-refractivity contribution in [2.24, 2.45) is 0 Å². The van der Waals surface area contributed by atoms with E-state index < -0.39 is 23.5 Å². The number of fused-ring (bicyclic) bond motifs is 1. The molecule has 3 aromatic heterocycles. The van der Waals surface area contributed by atoms with E-state index in [-0.39, 0.29) is 22.5 Å². The lowest BCUT2D eigenvalue weighted by molar-refractivity contribution is -0.138. The van der Waals surface area contributed by atoms with E-state index in [9.17, 15) is 26.3 Å². The Morgan fingerprint density at radius 3 is 1.26 bits per heavy atom. The van der Waals surface area contributed by atoms with E-state index in [0.717, 1.165) is 41.6 Å². The van der Waals surface area contributed by atoms with Crippen LogP contribution in [0.25, 0.3) is 54.4 Å². The van der Waals surface area contributed by atoms with Crippen LogP contribution in [0.3, 0.4) is 0 Å². The fraction of sp³-hybridized carbons (Fsp3) is 0.0667. The smallest absolute Gasteiger partial charge is 0.243 e. The number of nitrogens with zero attached hydrogens (tertiary/aromatic N) is 2. The SMILES string of the molecule is FC(F)(F)c1cccc(-c2nc3c(-c4ccc(Br)s4)ccc(-c4ccc(Br)s4)c3nc2-c2cccc(C(F)(F)F)c2)c1. The largest absolute Gasteiger partial charge is 0.416 e. The van der Waals surface area contributed by atoms with Gasteiger partial charge in [0.05, 0.1) is 41.1 Å². The zero-order chi connectivity index (χ0) is 29.8. The summed E-state index contributed by atoms with van der Waals surface area (Å²) in [7, 11) is 0. The summed E-state index contributed by atoms with van der Waals surface area (Å²) in [6, 6.07) is 20.4. The predicted molar refractivity (Wildman–Crippen MR) is 162 cm³/mol. The molecule has 0 aliphatic carbocycles. The molecule has 2 nitrogen and oxygen atoms in total. The summed E-state index contributed by atoms with van der Waals surface area (Å²) in [5.74, 6) is 0. The van der Waals surface area contributed by atoms with E-state index in [1.165, 1.54) is 46.9 Å². The van der Waals surface area contributed by atoms with Crippen LogP contribution in [0.4, 0.5) is 26.3 Å². The number of alkyl halides is 6. The summed E-state index contributed by atoms with van der Waals surface area (Å²) < 4.78 is 84.0. The summed E-state index contributed by atoms with van der Waals surface area (Å²) in [5.41, 5.74) is 0.622. The minimum Gasteiger partial charge on any atom is -0.243 e. The van der Waals surface area contributed by atoms with Gasteiger partial charge in [-0.25, -0.2) is 9.97 Å². The molecule has 3 aromatic carbocycles. The molecule has 6 rings (SSSR count). The summed E-state index contributed by atoms with van der Waals surface area (Å²) in [6.45, 7) is 0. The second kappa shape index (κ2) is 10.9. The lowest BCUT2D eigenvalue weighted by Crippen LogP contribution is -2.06. The van der Waals surface area contributed by atoms with E-state index in [0.29, 0.717) is 22.2 Å². The van der Waals surface area contributed by atoms with E-state index >= 15 is 0 Å². The van der Waals surface area contributed by atoms with Crippen LogP contribution in [-0.4, -0.2) is 9.97 Å².